The van der Waals surface area contributed by atoms with E-state index in [1.165, 1.54) is 25.7 Å². The molecule has 1 aromatic carbocycles. The van der Waals surface area contributed by atoms with Gasteiger partial charge in [0.2, 0.25) is 0 Å². The lowest BCUT2D eigenvalue weighted by atomic mass is 9.86. The molecule has 1 N–H and O–H groups in total. The topological polar surface area (TPSA) is 72.8 Å². The smallest absolute Gasteiger partial charge is 0.320 e. The summed E-state index contributed by atoms with van der Waals surface area (Å²) in [6.07, 6.45) is 12.2. The van der Waals surface area contributed by atoms with Gasteiger partial charge in [0.25, 0.3) is 0 Å². The Bertz CT molecular complexity index is 674. The Balaban J connectivity index is 2.72. The molecule has 0 aromatic heterocycles. The van der Waals surface area contributed by atoms with E-state index in [0.29, 0.717) is 19.4 Å². The van der Waals surface area contributed by atoms with E-state index in [1.54, 1.807) is 6.92 Å². The van der Waals surface area contributed by atoms with Crippen LogP contribution in [0.1, 0.15) is 83.6 Å². The van der Waals surface area contributed by atoms with E-state index in [0.717, 1.165) is 17.7 Å². The van der Waals surface area contributed by atoms with Crippen molar-refractivity contribution in [2.45, 2.75) is 84.2 Å². The fourth-order valence-electron chi connectivity index (χ4n) is 3.16. The molecule has 0 fully saturated rings. The van der Waals surface area contributed by atoms with Crippen molar-refractivity contribution in [3.63, 3.8) is 0 Å². The van der Waals surface area contributed by atoms with Crippen molar-refractivity contribution in [3.8, 4) is 18.1 Å². The van der Waals surface area contributed by atoms with E-state index in [2.05, 4.69) is 12.8 Å². The summed E-state index contributed by atoms with van der Waals surface area (Å²) >= 11 is 0. The minimum Gasteiger partial charge on any atom is -0.494 e. The second kappa shape index (κ2) is 14.5. The summed E-state index contributed by atoms with van der Waals surface area (Å²) < 4.78 is 11.0. The highest BCUT2D eigenvalue weighted by Crippen LogP contribution is 2.29. The number of hydrogen-bond acceptors (Lipinski definition) is 4. The van der Waals surface area contributed by atoms with E-state index in [4.69, 9.17) is 15.9 Å². The molecule has 0 heterocycles. The number of carbonyl (C=O) groups is 2. The zero-order valence-corrected chi connectivity index (χ0v) is 18.6. The summed E-state index contributed by atoms with van der Waals surface area (Å²) in [6.45, 7) is 6.50. The average Bonchev–Trinajstić information content (AvgIpc) is 2.73. The maximum Gasteiger partial charge on any atom is 0.320 e. The van der Waals surface area contributed by atoms with Crippen LogP contribution in [0.5, 0.6) is 5.75 Å². The highest BCUT2D eigenvalue weighted by atomic mass is 16.5. The molecule has 0 saturated carbocycles. The van der Waals surface area contributed by atoms with Crippen molar-refractivity contribution in [3.05, 3.63) is 29.8 Å². The van der Waals surface area contributed by atoms with E-state index in [-0.39, 0.29) is 18.4 Å². The molecule has 166 valence electrons. The molecule has 5 nitrogen and oxygen atoms in total. The van der Waals surface area contributed by atoms with Crippen LogP contribution in [0.15, 0.2) is 24.3 Å². The van der Waals surface area contributed by atoms with Crippen LogP contribution in [0, 0.1) is 18.3 Å². The third-order valence-corrected chi connectivity index (χ3v) is 5.23. The van der Waals surface area contributed by atoms with Crippen molar-refractivity contribution in [1.82, 2.24) is 0 Å². The fourth-order valence-corrected chi connectivity index (χ4v) is 3.16. The number of carbonyl (C=O) groups excluding carboxylic acids is 1. The first-order chi connectivity index (χ1) is 14.4. The molecule has 0 saturated heterocycles. The zero-order chi connectivity index (χ0) is 22.4. The van der Waals surface area contributed by atoms with E-state index in [1.807, 2.05) is 31.2 Å². The van der Waals surface area contributed by atoms with Crippen molar-refractivity contribution < 1.29 is 24.2 Å². The lowest BCUT2D eigenvalue weighted by Crippen LogP contribution is -2.30. The first-order valence-corrected chi connectivity index (χ1v) is 11.0. The SMILES string of the molecule is C#CCC(CC(C(=O)O)C(=O)OC(C)CC)c1ccc(OCCCCCCC)cc1. The van der Waals surface area contributed by atoms with E-state index < -0.39 is 17.9 Å². The first-order valence-electron chi connectivity index (χ1n) is 11.0. The van der Waals surface area contributed by atoms with Crippen LogP contribution < -0.4 is 4.74 Å². The molecule has 0 aliphatic heterocycles. The molecule has 1 rings (SSSR count). The van der Waals surface area contributed by atoms with Gasteiger partial charge >= 0.3 is 11.9 Å². The molecular weight excluding hydrogens is 380 g/mol. The standard InChI is InChI=1S/C25H36O5/c1-5-8-9-10-11-17-29-22-15-13-20(14-16-22)21(12-6-2)18-23(24(26)27)25(28)30-19(4)7-3/h2,13-16,19,21,23H,5,7-12,17-18H2,1,3-4H3,(H,26,27). The van der Waals surface area contributed by atoms with Gasteiger partial charge in [-0.1, -0.05) is 51.7 Å². The van der Waals surface area contributed by atoms with Gasteiger partial charge in [0.1, 0.15) is 5.75 Å². The summed E-state index contributed by atoms with van der Waals surface area (Å²) in [5.41, 5.74) is 0.894. The summed E-state index contributed by atoms with van der Waals surface area (Å²) in [4.78, 5) is 24.0. The Morgan fingerprint density at radius 1 is 1.10 bits per heavy atom. The van der Waals surface area contributed by atoms with Gasteiger partial charge < -0.3 is 14.6 Å². The van der Waals surface area contributed by atoms with Gasteiger partial charge in [-0.25, -0.2) is 0 Å². The van der Waals surface area contributed by atoms with Crippen molar-refractivity contribution in [1.29, 1.82) is 0 Å². The molecule has 0 amide bonds. The molecule has 30 heavy (non-hydrogen) atoms. The summed E-state index contributed by atoms with van der Waals surface area (Å²) in [7, 11) is 0. The summed E-state index contributed by atoms with van der Waals surface area (Å²) in [5.74, 6) is -0.00350. The number of unbranched alkanes of at least 4 members (excludes halogenated alkanes) is 4. The Kier molecular flexibility index (Phi) is 12.3. The number of rotatable bonds is 15. The van der Waals surface area contributed by atoms with Crippen LogP contribution >= 0.6 is 0 Å². The normalized spacial score (nSPS) is 13.7. The Morgan fingerprint density at radius 2 is 1.77 bits per heavy atom. The van der Waals surface area contributed by atoms with Gasteiger partial charge in [0.15, 0.2) is 5.92 Å². The summed E-state index contributed by atoms with van der Waals surface area (Å²) in [5, 5.41) is 9.54. The number of esters is 1. The van der Waals surface area contributed by atoms with Crippen molar-refractivity contribution in [2.75, 3.05) is 6.61 Å². The molecule has 3 unspecified atom stereocenters. The number of carboxylic acids is 1. The summed E-state index contributed by atoms with van der Waals surface area (Å²) in [6, 6.07) is 7.54. The molecular formula is C25H36O5. The maximum atomic E-state index is 12.3. The highest BCUT2D eigenvalue weighted by Gasteiger charge is 2.32. The molecule has 0 aliphatic rings. The predicted octanol–water partition coefficient (Wildman–Crippen LogP) is 5.58. The molecule has 0 bridgehead atoms. The Labute approximate surface area is 181 Å². The second-order valence-corrected chi connectivity index (χ2v) is 7.72. The van der Waals surface area contributed by atoms with Gasteiger partial charge in [-0.15, -0.1) is 12.3 Å². The van der Waals surface area contributed by atoms with E-state index >= 15 is 0 Å². The third kappa shape index (κ3) is 9.35. The molecule has 0 spiro atoms. The minimum atomic E-state index is -1.24. The van der Waals surface area contributed by atoms with Crippen molar-refractivity contribution >= 4 is 11.9 Å². The largest absolute Gasteiger partial charge is 0.494 e. The molecule has 0 aliphatic carbocycles. The minimum absolute atomic E-state index is 0.104. The Morgan fingerprint density at radius 3 is 2.33 bits per heavy atom. The number of aliphatic carboxylic acids is 1. The third-order valence-electron chi connectivity index (χ3n) is 5.23. The van der Waals surface area contributed by atoms with Crippen LogP contribution in [0.4, 0.5) is 0 Å². The van der Waals surface area contributed by atoms with Crippen LogP contribution in [0.25, 0.3) is 0 Å². The van der Waals surface area contributed by atoms with Gasteiger partial charge in [0.05, 0.1) is 12.7 Å². The van der Waals surface area contributed by atoms with Crippen LogP contribution in [0.2, 0.25) is 0 Å². The number of hydrogen-bond donors (Lipinski definition) is 1. The van der Waals surface area contributed by atoms with Gasteiger partial charge in [0, 0.05) is 6.42 Å². The molecule has 3 atom stereocenters. The fraction of sp³-hybridized carbons (Fsp3) is 0.600. The quantitative estimate of drug-likeness (QED) is 0.175. The zero-order valence-electron chi connectivity index (χ0n) is 18.6. The lowest BCUT2D eigenvalue weighted by Gasteiger charge is -2.21. The van der Waals surface area contributed by atoms with Gasteiger partial charge in [-0.3, -0.25) is 9.59 Å². The lowest BCUT2D eigenvalue weighted by molar-refractivity contribution is -0.162. The Hall–Kier alpha value is -2.48. The number of terminal acetylenes is 1. The molecule has 5 heteroatoms. The molecule has 1 aromatic rings. The highest BCUT2D eigenvalue weighted by molar-refractivity contribution is 5.94. The number of benzene rings is 1. The molecule has 0 radical (unpaired) electrons. The maximum absolute atomic E-state index is 12.3. The van der Waals surface area contributed by atoms with Crippen LogP contribution in [0.3, 0.4) is 0 Å². The van der Waals surface area contributed by atoms with Crippen LogP contribution in [-0.4, -0.2) is 29.8 Å². The number of ether oxygens (including phenoxy) is 2. The van der Waals surface area contributed by atoms with Gasteiger partial charge in [-0.2, -0.15) is 0 Å². The van der Waals surface area contributed by atoms with E-state index in [9.17, 15) is 14.7 Å². The van der Waals surface area contributed by atoms with Crippen LogP contribution in [-0.2, 0) is 14.3 Å². The average molecular weight is 417 g/mol. The number of carboxylic acid groups (broad SMARTS) is 1. The monoisotopic (exact) mass is 416 g/mol. The van der Waals surface area contributed by atoms with Crippen molar-refractivity contribution in [2.24, 2.45) is 5.92 Å². The first kappa shape index (κ1) is 25.6. The second-order valence-electron chi connectivity index (χ2n) is 7.72. The van der Waals surface area contributed by atoms with Gasteiger partial charge in [-0.05, 0) is 49.8 Å². The predicted molar refractivity (Wildman–Crippen MR) is 118 cm³/mol.